The second-order valence-corrected chi connectivity index (χ2v) is 8.35. The molecule has 0 fully saturated rings. The van der Waals surface area contributed by atoms with Gasteiger partial charge < -0.3 is 4.74 Å². The molecule has 2 N–H and O–H groups in total. The van der Waals surface area contributed by atoms with Crippen LogP contribution in [0.3, 0.4) is 0 Å². The largest absolute Gasteiger partial charge is 0.496 e. The Morgan fingerprint density at radius 3 is 2.36 bits per heavy atom. The van der Waals surface area contributed by atoms with Gasteiger partial charge in [-0.25, -0.2) is 13.8 Å². The van der Waals surface area contributed by atoms with E-state index < -0.39 is 22.0 Å². The number of hydrazone groups is 1. The van der Waals surface area contributed by atoms with Gasteiger partial charge in [-0.15, -0.1) is 0 Å². The maximum Gasteiger partial charge on any atom is 0.258 e. The van der Waals surface area contributed by atoms with E-state index in [1.165, 1.54) is 18.3 Å². The average molecular weight is 404 g/mol. The van der Waals surface area contributed by atoms with Crippen LogP contribution in [-0.4, -0.2) is 33.7 Å². The molecule has 0 unspecified atom stereocenters. The third-order valence-electron chi connectivity index (χ3n) is 4.08. The molecule has 0 aliphatic carbocycles. The number of carbonyl (C=O) groups excluding carboxylic acids is 1. The van der Waals surface area contributed by atoms with E-state index in [4.69, 9.17) is 4.74 Å². The molecule has 150 valence electrons. The number of nitrogens with one attached hydrogen (secondary N) is 2. The molecule has 8 heteroatoms. The van der Waals surface area contributed by atoms with Crippen molar-refractivity contribution in [1.29, 1.82) is 0 Å². The van der Waals surface area contributed by atoms with Crippen LogP contribution in [0.4, 0.5) is 0 Å². The highest BCUT2D eigenvalue weighted by Gasteiger charge is 2.28. The molecule has 28 heavy (non-hydrogen) atoms. The second-order valence-electron chi connectivity index (χ2n) is 6.63. The molecule has 0 saturated heterocycles. The summed E-state index contributed by atoms with van der Waals surface area (Å²) in [6.45, 7) is 5.38. The molecule has 2 aromatic carbocycles. The van der Waals surface area contributed by atoms with E-state index in [0.29, 0.717) is 11.3 Å². The Balaban J connectivity index is 2.11. The molecule has 0 aliphatic rings. The Morgan fingerprint density at radius 1 is 1.11 bits per heavy atom. The van der Waals surface area contributed by atoms with Crippen LogP contribution in [0.1, 0.15) is 25.0 Å². The number of benzene rings is 2. The zero-order chi connectivity index (χ0) is 20.7. The summed E-state index contributed by atoms with van der Waals surface area (Å²) in [4.78, 5) is 12.6. The van der Waals surface area contributed by atoms with Gasteiger partial charge in [0.05, 0.1) is 18.2 Å². The fraction of sp³-hybridized carbons (Fsp3) is 0.300. The second kappa shape index (κ2) is 9.48. The molecule has 0 heterocycles. The zero-order valence-corrected chi connectivity index (χ0v) is 17.2. The van der Waals surface area contributed by atoms with Crippen LogP contribution in [-0.2, 0) is 14.8 Å². The van der Waals surface area contributed by atoms with Crippen LogP contribution in [0, 0.1) is 12.8 Å². The monoisotopic (exact) mass is 403 g/mol. The van der Waals surface area contributed by atoms with Gasteiger partial charge in [0.1, 0.15) is 11.8 Å². The van der Waals surface area contributed by atoms with E-state index >= 15 is 0 Å². The van der Waals surface area contributed by atoms with Gasteiger partial charge in [-0.05, 0) is 37.1 Å². The summed E-state index contributed by atoms with van der Waals surface area (Å²) < 4.78 is 32.9. The van der Waals surface area contributed by atoms with E-state index in [9.17, 15) is 13.2 Å². The quantitative estimate of drug-likeness (QED) is 0.523. The third kappa shape index (κ3) is 5.64. The third-order valence-corrected chi connectivity index (χ3v) is 5.54. The van der Waals surface area contributed by atoms with E-state index in [1.54, 1.807) is 45.2 Å². The SMILES string of the molecule is COc1ccccc1/C=N\NC(=O)[C@H](NS(=O)(=O)c1ccc(C)cc1)C(C)C. The number of para-hydroxylation sites is 1. The number of hydrogen-bond donors (Lipinski definition) is 2. The Morgan fingerprint density at radius 2 is 1.75 bits per heavy atom. The van der Waals surface area contributed by atoms with Crippen molar-refractivity contribution in [3.8, 4) is 5.75 Å². The first-order valence-corrected chi connectivity index (χ1v) is 10.3. The number of sulfonamides is 1. The minimum absolute atomic E-state index is 0.106. The summed E-state index contributed by atoms with van der Waals surface area (Å²) in [5.41, 5.74) is 4.03. The topological polar surface area (TPSA) is 96.9 Å². The average Bonchev–Trinajstić information content (AvgIpc) is 2.66. The highest BCUT2D eigenvalue weighted by Crippen LogP contribution is 2.15. The van der Waals surface area contributed by atoms with Gasteiger partial charge in [-0.2, -0.15) is 9.82 Å². The molecule has 2 rings (SSSR count). The van der Waals surface area contributed by atoms with Crippen molar-refractivity contribution >= 4 is 22.1 Å². The maximum atomic E-state index is 12.6. The molecular formula is C20H25N3O4S. The van der Waals surface area contributed by atoms with Gasteiger partial charge >= 0.3 is 0 Å². The lowest BCUT2D eigenvalue weighted by Crippen LogP contribution is -2.48. The zero-order valence-electron chi connectivity index (χ0n) is 16.3. The molecule has 0 bridgehead atoms. The van der Waals surface area contributed by atoms with Crippen LogP contribution >= 0.6 is 0 Å². The first kappa shape index (κ1) is 21.6. The van der Waals surface area contributed by atoms with Gasteiger partial charge in [0.25, 0.3) is 5.91 Å². The van der Waals surface area contributed by atoms with Gasteiger partial charge in [-0.3, -0.25) is 4.79 Å². The predicted molar refractivity (Wildman–Crippen MR) is 109 cm³/mol. The Kier molecular flexibility index (Phi) is 7.31. The molecule has 0 spiro atoms. The van der Waals surface area contributed by atoms with Gasteiger partial charge in [0, 0.05) is 5.56 Å². The lowest BCUT2D eigenvalue weighted by Gasteiger charge is -2.20. The van der Waals surface area contributed by atoms with E-state index in [-0.39, 0.29) is 10.8 Å². The highest BCUT2D eigenvalue weighted by atomic mass is 32.2. The minimum atomic E-state index is -3.84. The van der Waals surface area contributed by atoms with Crippen molar-refractivity contribution in [3.63, 3.8) is 0 Å². The summed E-state index contributed by atoms with van der Waals surface area (Å²) in [5.74, 6) is -0.209. The number of ether oxygens (including phenoxy) is 1. The van der Waals surface area contributed by atoms with Gasteiger partial charge in [0.2, 0.25) is 10.0 Å². The first-order valence-electron chi connectivity index (χ1n) is 8.79. The lowest BCUT2D eigenvalue weighted by atomic mass is 10.1. The Hall–Kier alpha value is -2.71. The van der Waals surface area contributed by atoms with E-state index in [1.807, 2.05) is 19.1 Å². The normalized spacial score (nSPS) is 12.9. The highest BCUT2D eigenvalue weighted by molar-refractivity contribution is 7.89. The van der Waals surface area contributed by atoms with Crippen LogP contribution in [0.5, 0.6) is 5.75 Å². The lowest BCUT2D eigenvalue weighted by molar-refractivity contribution is -0.123. The predicted octanol–water partition coefficient (Wildman–Crippen LogP) is 2.46. The fourth-order valence-corrected chi connectivity index (χ4v) is 3.80. The van der Waals surface area contributed by atoms with Crippen LogP contribution in [0.15, 0.2) is 58.5 Å². The van der Waals surface area contributed by atoms with Crippen LogP contribution in [0.25, 0.3) is 0 Å². The number of aryl methyl sites for hydroxylation is 1. The number of amides is 1. The minimum Gasteiger partial charge on any atom is -0.496 e. The van der Waals surface area contributed by atoms with Gasteiger partial charge in [-0.1, -0.05) is 43.7 Å². The van der Waals surface area contributed by atoms with Crippen molar-refractivity contribution in [1.82, 2.24) is 10.1 Å². The number of carbonyl (C=O) groups is 1. The number of methoxy groups -OCH3 is 1. The maximum absolute atomic E-state index is 12.6. The molecule has 0 aliphatic heterocycles. The van der Waals surface area contributed by atoms with Crippen molar-refractivity contribution in [2.24, 2.45) is 11.0 Å². The number of nitrogens with zero attached hydrogens (tertiary/aromatic N) is 1. The smallest absolute Gasteiger partial charge is 0.258 e. The summed E-state index contributed by atoms with van der Waals surface area (Å²) >= 11 is 0. The Labute approximate surface area is 165 Å². The molecule has 2 aromatic rings. The number of hydrogen-bond acceptors (Lipinski definition) is 5. The van der Waals surface area contributed by atoms with Crippen molar-refractivity contribution < 1.29 is 17.9 Å². The Bertz CT molecular complexity index is 938. The van der Waals surface area contributed by atoms with E-state index in [2.05, 4.69) is 15.2 Å². The van der Waals surface area contributed by atoms with Crippen LogP contribution < -0.4 is 14.9 Å². The summed E-state index contributed by atoms with van der Waals surface area (Å²) in [6, 6.07) is 12.7. The molecule has 1 atom stereocenters. The number of rotatable bonds is 8. The van der Waals surface area contributed by atoms with Crippen molar-refractivity contribution in [2.75, 3.05) is 7.11 Å². The summed E-state index contributed by atoms with van der Waals surface area (Å²) in [5, 5.41) is 3.93. The van der Waals surface area contributed by atoms with Crippen LogP contribution in [0.2, 0.25) is 0 Å². The molecule has 1 amide bonds. The van der Waals surface area contributed by atoms with Crippen molar-refractivity contribution in [3.05, 3.63) is 59.7 Å². The molecule has 0 aromatic heterocycles. The first-order chi connectivity index (χ1) is 13.2. The van der Waals surface area contributed by atoms with Crippen molar-refractivity contribution in [2.45, 2.75) is 31.7 Å². The molecule has 7 nitrogen and oxygen atoms in total. The molecule has 0 radical (unpaired) electrons. The molecular weight excluding hydrogens is 378 g/mol. The standard InChI is InChI=1S/C20H25N3O4S/c1-14(2)19(23-28(25,26)17-11-9-15(3)10-12-17)20(24)22-21-13-16-7-5-6-8-18(16)27-4/h5-14,19,23H,1-4H3,(H,22,24)/b21-13-/t19-/m1/s1. The van der Waals surface area contributed by atoms with Gasteiger partial charge in [0.15, 0.2) is 0 Å². The summed E-state index contributed by atoms with van der Waals surface area (Å²) in [7, 11) is -2.30. The molecule has 0 saturated carbocycles. The van der Waals surface area contributed by atoms with E-state index in [0.717, 1.165) is 5.56 Å². The fourth-order valence-electron chi connectivity index (χ4n) is 2.45. The summed E-state index contributed by atoms with van der Waals surface area (Å²) in [6.07, 6.45) is 1.45.